The summed E-state index contributed by atoms with van der Waals surface area (Å²) in [6.45, 7) is 5.44. The minimum Gasteiger partial charge on any atom is -0.494 e. The molecule has 1 aliphatic heterocycles. The zero-order valence-electron chi connectivity index (χ0n) is 17.6. The molecular formula is C22H29N5O3. The van der Waals surface area contributed by atoms with Crippen LogP contribution < -0.4 is 15.8 Å². The summed E-state index contributed by atoms with van der Waals surface area (Å²) >= 11 is 0. The molecule has 1 saturated heterocycles. The maximum Gasteiger partial charge on any atom is 0.252 e. The summed E-state index contributed by atoms with van der Waals surface area (Å²) in [4.78, 5) is 30.8. The van der Waals surface area contributed by atoms with Crippen molar-refractivity contribution in [2.24, 2.45) is 5.73 Å². The molecule has 0 aliphatic carbocycles. The lowest BCUT2D eigenvalue weighted by molar-refractivity contribution is -0.130. The van der Waals surface area contributed by atoms with E-state index in [-0.39, 0.29) is 18.4 Å². The lowest BCUT2D eigenvalue weighted by Crippen LogP contribution is -2.42. The Labute approximate surface area is 177 Å². The van der Waals surface area contributed by atoms with Gasteiger partial charge in [0.25, 0.3) is 5.91 Å². The predicted molar refractivity (Wildman–Crippen MR) is 115 cm³/mol. The number of hydrogen-bond donors (Lipinski definition) is 2. The van der Waals surface area contributed by atoms with Crippen LogP contribution in [0.1, 0.15) is 43.5 Å². The van der Waals surface area contributed by atoms with Crippen LogP contribution >= 0.6 is 0 Å². The molecule has 1 atom stereocenters. The van der Waals surface area contributed by atoms with Crippen molar-refractivity contribution in [2.45, 2.75) is 39.2 Å². The van der Waals surface area contributed by atoms with Gasteiger partial charge in [-0.05, 0) is 50.1 Å². The van der Waals surface area contributed by atoms with Crippen molar-refractivity contribution in [1.29, 1.82) is 5.26 Å². The van der Waals surface area contributed by atoms with E-state index < -0.39 is 6.04 Å². The zero-order valence-corrected chi connectivity index (χ0v) is 17.6. The van der Waals surface area contributed by atoms with Gasteiger partial charge in [-0.3, -0.25) is 14.6 Å². The molecule has 160 valence electrons. The molecule has 1 aromatic heterocycles. The highest BCUT2D eigenvalue weighted by Gasteiger charge is 2.28. The standard InChI is InChI=1S/C20H23N5O3.C2H6/c21-7-2-10-28-15-4-5-18-17(11-15)16(6-8-23-18)20(27)24-13-19(26)25-9-1-3-14(25)12-22;1-2/h4-6,8,11,14H,1-3,7,9-10,13,21H2,(H,24,27);1-2H3. The molecule has 1 aliphatic rings. The molecule has 1 aromatic carbocycles. The third kappa shape index (κ3) is 5.67. The Morgan fingerprint density at radius 2 is 2.17 bits per heavy atom. The molecule has 8 nitrogen and oxygen atoms in total. The number of nitrogens with zero attached hydrogens (tertiary/aromatic N) is 3. The molecule has 2 aromatic rings. The number of ether oxygens (including phenoxy) is 1. The number of nitrogens with one attached hydrogen (secondary N) is 1. The molecule has 0 bridgehead atoms. The fraction of sp³-hybridized carbons (Fsp3) is 0.455. The predicted octanol–water partition coefficient (Wildman–Crippen LogP) is 2.23. The van der Waals surface area contributed by atoms with Crippen LogP contribution in [0, 0.1) is 11.3 Å². The van der Waals surface area contributed by atoms with Crippen molar-refractivity contribution in [2.75, 3.05) is 26.2 Å². The molecule has 1 unspecified atom stereocenters. The normalized spacial score (nSPS) is 15.1. The Kier molecular flexibility index (Phi) is 9.03. The van der Waals surface area contributed by atoms with E-state index >= 15 is 0 Å². The van der Waals surface area contributed by atoms with Crippen LogP contribution in [-0.2, 0) is 4.79 Å². The van der Waals surface area contributed by atoms with Crippen molar-refractivity contribution in [3.63, 3.8) is 0 Å². The Balaban J connectivity index is 0.00000155. The van der Waals surface area contributed by atoms with Gasteiger partial charge < -0.3 is 20.7 Å². The monoisotopic (exact) mass is 411 g/mol. The highest BCUT2D eigenvalue weighted by molar-refractivity contribution is 6.07. The molecule has 0 radical (unpaired) electrons. The summed E-state index contributed by atoms with van der Waals surface area (Å²) in [7, 11) is 0. The summed E-state index contributed by atoms with van der Waals surface area (Å²) < 4.78 is 5.65. The fourth-order valence-electron chi connectivity index (χ4n) is 3.24. The van der Waals surface area contributed by atoms with Crippen LogP contribution in [0.2, 0.25) is 0 Å². The zero-order chi connectivity index (χ0) is 21.9. The topological polar surface area (TPSA) is 121 Å². The number of carbonyl (C=O) groups is 2. The smallest absolute Gasteiger partial charge is 0.252 e. The van der Waals surface area contributed by atoms with Gasteiger partial charge in [-0.25, -0.2) is 0 Å². The highest BCUT2D eigenvalue weighted by Crippen LogP contribution is 2.23. The summed E-state index contributed by atoms with van der Waals surface area (Å²) in [6, 6.07) is 8.69. The second kappa shape index (κ2) is 11.7. The first-order valence-corrected chi connectivity index (χ1v) is 10.3. The molecule has 3 rings (SSSR count). The third-order valence-corrected chi connectivity index (χ3v) is 4.70. The van der Waals surface area contributed by atoms with Gasteiger partial charge >= 0.3 is 0 Å². The van der Waals surface area contributed by atoms with Crippen molar-refractivity contribution in [3.05, 3.63) is 36.0 Å². The van der Waals surface area contributed by atoms with E-state index in [0.29, 0.717) is 48.3 Å². The molecule has 0 saturated carbocycles. The van der Waals surface area contributed by atoms with Crippen LogP contribution in [0.15, 0.2) is 30.5 Å². The first-order chi connectivity index (χ1) is 14.6. The number of carbonyl (C=O) groups excluding carboxylic acids is 2. The van der Waals surface area contributed by atoms with Gasteiger partial charge in [-0.1, -0.05) is 13.8 Å². The second-order valence-electron chi connectivity index (χ2n) is 6.59. The third-order valence-electron chi connectivity index (χ3n) is 4.70. The summed E-state index contributed by atoms with van der Waals surface area (Å²) in [5.41, 5.74) is 6.55. The van der Waals surface area contributed by atoms with E-state index in [2.05, 4.69) is 16.4 Å². The number of rotatable bonds is 7. The van der Waals surface area contributed by atoms with E-state index in [9.17, 15) is 9.59 Å². The van der Waals surface area contributed by atoms with E-state index in [1.54, 1.807) is 30.5 Å². The molecule has 8 heteroatoms. The summed E-state index contributed by atoms with van der Waals surface area (Å²) in [5, 5.41) is 12.4. The first-order valence-electron chi connectivity index (χ1n) is 10.3. The number of aromatic nitrogens is 1. The van der Waals surface area contributed by atoms with E-state index in [1.165, 1.54) is 4.90 Å². The maximum atomic E-state index is 12.7. The minimum absolute atomic E-state index is 0.145. The van der Waals surface area contributed by atoms with Crippen molar-refractivity contribution < 1.29 is 14.3 Å². The lowest BCUT2D eigenvalue weighted by atomic mass is 10.1. The molecule has 0 spiro atoms. The second-order valence-corrected chi connectivity index (χ2v) is 6.59. The van der Waals surface area contributed by atoms with Crippen LogP contribution in [0.25, 0.3) is 10.9 Å². The van der Waals surface area contributed by atoms with Crippen LogP contribution in [0.5, 0.6) is 5.75 Å². The van der Waals surface area contributed by atoms with Gasteiger partial charge in [0.2, 0.25) is 5.91 Å². The molecule has 1 fully saturated rings. The van der Waals surface area contributed by atoms with Crippen LogP contribution in [0.3, 0.4) is 0 Å². The van der Waals surface area contributed by atoms with E-state index in [4.69, 9.17) is 15.7 Å². The van der Waals surface area contributed by atoms with Crippen molar-refractivity contribution >= 4 is 22.7 Å². The Morgan fingerprint density at radius 3 is 2.90 bits per heavy atom. The number of nitriles is 1. The van der Waals surface area contributed by atoms with E-state index in [0.717, 1.165) is 12.8 Å². The summed E-state index contributed by atoms with van der Waals surface area (Å²) in [6.07, 6.45) is 3.78. The maximum absolute atomic E-state index is 12.7. The summed E-state index contributed by atoms with van der Waals surface area (Å²) in [5.74, 6) is 0.0159. The molecule has 3 N–H and O–H groups in total. The van der Waals surface area contributed by atoms with Crippen LogP contribution in [-0.4, -0.2) is 54.0 Å². The molecule has 2 amide bonds. The Hall–Kier alpha value is -3.18. The number of amides is 2. The van der Waals surface area contributed by atoms with Crippen LogP contribution in [0.4, 0.5) is 0 Å². The van der Waals surface area contributed by atoms with Gasteiger partial charge in [0.15, 0.2) is 0 Å². The number of nitrogens with two attached hydrogens (primary N) is 1. The van der Waals surface area contributed by atoms with E-state index in [1.807, 2.05) is 13.8 Å². The van der Waals surface area contributed by atoms with Crippen molar-refractivity contribution in [1.82, 2.24) is 15.2 Å². The molecule has 30 heavy (non-hydrogen) atoms. The number of benzene rings is 1. The van der Waals surface area contributed by atoms with Gasteiger partial charge in [-0.15, -0.1) is 0 Å². The Morgan fingerprint density at radius 1 is 1.37 bits per heavy atom. The largest absolute Gasteiger partial charge is 0.494 e. The molecule has 2 heterocycles. The van der Waals surface area contributed by atoms with Gasteiger partial charge in [0.1, 0.15) is 11.8 Å². The highest BCUT2D eigenvalue weighted by atomic mass is 16.5. The number of hydrogen-bond acceptors (Lipinski definition) is 6. The van der Waals surface area contributed by atoms with Gasteiger partial charge in [0, 0.05) is 18.1 Å². The fourth-order valence-corrected chi connectivity index (χ4v) is 3.24. The van der Waals surface area contributed by atoms with Crippen molar-refractivity contribution in [3.8, 4) is 11.8 Å². The quantitative estimate of drug-likeness (QED) is 0.674. The number of likely N-dealkylation sites (tertiary alicyclic amines) is 1. The SMILES string of the molecule is CC.N#CC1CCCN1C(=O)CNC(=O)c1ccnc2ccc(OCCCN)cc12. The average Bonchev–Trinajstić information content (AvgIpc) is 3.27. The Bertz CT molecular complexity index is 909. The number of pyridine rings is 1. The lowest BCUT2D eigenvalue weighted by Gasteiger charge is -2.19. The average molecular weight is 412 g/mol. The molecular weight excluding hydrogens is 382 g/mol. The van der Waals surface area contributed by atoms with Gasteiger partial charge in [-0.2, -0.15) is 5.26 Å². The van der Waals surface area contributed by atoms with Gasteiger partial charge in [0.05, 0.1) is 30.3 Å². The number of fused-ring (bicyclic) bond motifs is 1. The first kappa shape index (κ1) is 23.1. The minimum atomic E-state index is -0.403.